The maximum absolute atomic E-state index is 9.44. The highest BCUT2D eigenvalue weighted by Gasteiger charge is 2.21. The van der Waals surface area contributed by atoms with Crippen LogP contribution in [-0.2, 0) is 4.74 Å². The summed E-state index contributed by atoms with van der Waals surface area (Å²) in [7, 11) is 0. The molecule has 146 valence electrons. The molecule has 0 saturated carbocycles. The molecule has 1 saturated heterocycles. The van der Waals surface area contributed by atoms with Gasteiger partial charge in [-0.15, -0.1) is 22.7 Å². The van der Waals surface area contributed by atoms with Gasteiger partial charge in [0, 0.05) is 33.3 Å². The van der Waals surface area contributed by atoms with Crippen molar-refractivity contribution in [3.8, 4) is 39.1 Å². The first-order valence-corrected chi connectivity index (χ1v) is 11.0. The second-order valence-corrected chi connectivity index (χ2v) is 8.66. The Kier molecular flexibility index (Phi) is 5.93. The molecule has 2 aromatic heterocycles. The second-order valence-electron chi connectivity index (χ2n) is 6.54. The molecule has 0 N–H and O–H groups in total. The highest BCUT2D eigenvalue weighted by molar-refractivity contribution is 7.25. The molecule has 1 fully saturated rings. The first kappa shape index (κ1) is 19.9. The van der Waals surface area contributed by atoms with Crippen LogP contribution in [0.5, 0.6) is 0 Å². The molecular weight excluding hydrogens is 412 g/mol. The van der Waals surface area contributed by atoms with Crippen LogP contribution in [-0.4, -0.2) is 26.3 Å². The Labute approximate surface area is 182 Å². The van der Waals surface area contributed by atoms with Crippen molar-refractivity contribution >= 4 is 33.2 Å². The third-order valence-corrected chi connectivity index (χ3v) is 7.27. The van der Waals surface area contributed by atoms with E-state index in [-0.39, 0.29) is 11.1 Å². The third kappa shape index (κ3) is 3.85. The van der Waals surface area contributed by atoms with Crippen molar-refractivity contribution in [2.75, 3.05) is 31.2 Å². The van der Waals surface area contributed by atoms with E-state index >= 15 is 0 Å². The second kappa shape index (κ2) is 8.95. The average Bonchev–Trinajstić information content (AvgIpc) is 3.46. The number of morpholine rings is 1. The first-order valence-electron chi connectivity index (χ1n) is 9.32. The van der Waals surface area contributed by atoms with Crippen LogP contribution in [0.1, 0.15) is 4.88 Å². The summed E-state index contributed by atoms with van der Waals surface area (Å²) < 4.78 is 5.52. The molecule has 0 aliphatic carbocycles. The van der Waals surface area contributed by atoms with Crippen molar-refractivity contribution in [1.29, 1.82) is 15.8 Å². The summed E-state index contributed by atoms with van der Waals surface area (Å²) in [5.41, 5.74) is 2.31. The van der Waals surface area contributed by atoms with Crippen LogP contribution < -0.4 is 4.90 Å². The van der Waals surface area contributed by atoms with Gasteiger partial charge in [0.1, 0.15) is 23.8 Å². The van der Waals surface area contributed by atoms with E-state index in [0.717, 1.165) is 28.4 Å². The zero-order valence-electron chi connectivity index (χ0n) is 16.0. The maximum Gasteiger partial charge on any atom is 0.148 e. The Bertz CT molecular complexity index is 1200. The van der Waals surface area contributed by atoms with E-state index < -0.39 is 0 Å². The Balaban J connectivity index is 1.78. The van der Waals surface area contributed by atoms with Crippen molar-refractivity contribution in [2.45, 2.75) is 0 Å². The number of ether oxygens (including phenoxy) is 1. The maximum atomic E-state index is 9.44. The van der Waals surface area contributed by atoms with Crippen LogP contribution in [0.3, 0.4) is 0 Å². The van der Waals surface area contributed by atoms with Gasteiger partial charge < -0.3 is 9.64 Å². The standard InChI is InChI=1S/C23H16N4OS2/c24-13-17(14-25)19(15-26)20-6-7-21(29-20)22-12-18(16-4-2-1-3-5-16)23(30-22)27-8-10-28-11-9-27/h1-7,12H,8-11H2. The Morgan fingerprint density at radius 1 is 0.867 bits per heavy atom. The molecule has 3 heterocycles. The van der Waals surface area contributed by atoms with E-state index in [1.807, 2.05) is 48.5 Å². The lowest BCUT2D eigenvalue weighted by molar-refractivity contribution is 0.123. The fourth-order valence-corrected chi connectivity index (χ4v) is 5.62. The summed E-state index contributed by atoms with van der Waals surface area (Å²) in [6.45, 7) is 3.13. The van der Waals surface area contributed by atoms with Gasteiger partial charge in [-0.3, -0.25) is 0 Å². The number of nitrogens with zero attached hydrogens (tertiary/aromatic N) is 4. The number of benzene rings is 1. The van der Waals surface area contributed by atoms with Crippen LogP contribution in [0, 0.1) is 34.0 Å². The zero-order chi connectivity index (χ0) is 20.9. The molecule has 7 heteroatoms. The smallest absolute Gasteiger partial charge is 0.148 e. The van der Waals surface area contributed by atoms with E-state index in [4.69, 9.17) is 15.3 Å². The SMILES string of the molecule is N#CC(C#N)=C(C#N)c1ccc(-c2cc(-c3ccccc3)c(N3CCOCC3)s2)s1. The summed E-state index contributed by atoms with van der Waals surface area (Å²) in [6.07, 6.45) is 0. The minimum Gasteiger partial charge on any atom is -0.378 e. The van der Waals surface area contributed by atoms with Gasteiger partial charge in [0.2, 0.25) is 0 Å². The molecule has 0 spiro atoms. The Morgan fingerprint density at radius 3 is 2.27 bits per heavy atom. The fraction of sp³-hybridized carbons (Fsp3) is 0.174. The predicted molar refractivity (Wildman–Crippen MR) is 120 cm³/mol. The molecule has 4 rings (SSSR count). The molecule has 0 atom stereocenters. The number of hydrogen-bond acceptors (Lipinski definition) is 7. The van der Waals surface area contributed by atoms with Crippen LogP contribution in [0.25, 0.3) is 26.5 Å². The average molecular weight is 429 g/mol. The van der Waals surface area contributed by atoms with Gasteiger partial charge in [-0.25, -0.2) is 0 Å². The lowest BCUT2D eigenvalue weighted by Crippen LogP contribution is -2.35. The summed E-state index contributed by atoms with van der Waals surface area (Å²) >= 11 is 3.14. The van der Waals surface area contributed by atoms with Crippen molar-refractivity contribution < 1.29 is 4.74 Å². The van der Waals surface area contributed by atoms with Gasteiger partial charge in [-0.2, -0.15) is 15.8 Å². The highest BCUT2D eigenvalue weighted by atomic mass is 32.1. The topological polar surface area (TPSA) is 83.8 Å². The Morgan fingerprint density at radius 2 is 1.60 bits per heavy atom. The molecule has 0 unspecified atom stereocenters. The van der Waals surface area contributed by atoms with Crippen LogP contribution in [0.4, 0.5) is 5.00 Å². The summed E-state index contributed by atoms with van der Waals surface area (Å²) in [6, 6.07) is 21.9. The van der Waals surface area contributed by atoms with Crippen LogP contribution in [0.2, 0.25) is 0 Å². The Hall–Kier alpha value is -3.41. The molecule has 1 aliphatic rings. The molecule has 5 nitrogen and oxygen atoms in total. The molecular formula is C23H16N4OS2. The van der Waals surface area contributed by atoms with Gasteiger partial charge in [0.05, 0.1) is 23.8 Å². The summed E-state index contributed by atoms with van der Waals surface area (Å²) in [4.78, 5) is 5.10. The molecule has 0 amide bonds. The number of nitriles is 3. The minimum absolute atomic E-state index is 0.129. The summed E-state index contributed by atoms with van der Waals surface area (Å²) in [5.74, 6) is 0. The molecule has 1 aliphatic heterocycles. The molecule has 30 heavy (non-hydrogen) atoms. The van der Waals surface area contributed by atoms with Crippen LogP contribution in [0.15, 0.2) is 54.1 Å². The molecule has 0 bridgehead atoms. The van der Waals surface area contributed by atoms with Crippen LogP contribution >= 0.6 is 22.7 Å². The molecule has 1 aromatic carbocycles. The quantitative estimate of drug-likeness (QED) is 0.526. The van der Waals surface area contributed by atoms with Crippen molar-refractivity contribution in [2.24, 2.45) is 0 Å². The van der Waals surface area contributed by atoms with E-state index in [1.54, 1.807) is 11.3 Å². The van der Waals surface area contributed by atoms with Crippen molar-refractivity contribution in [3.63, 3.8) is 0 Å². The number of thiophene rings is 2. The number of anilines is 1. The first-order chi connectivity index (χ1) is 14.7. The number of hydrogen-bond donors (Lipinski definition) is 0. The number of rotatable bonds is 4. The minimum atomic E-state index is -0.156. The van der Waals surface area contributed by atoms with Gasteiger partial charge in [-0.05, 0) is 23.8 Å². The van der Waals surface area contributed by atoms with E-state index in [0.29, 0.717) is 18.1 Å². The predicted octanol–water partition coefficient (Wildman–Crippen LogP) is 5.30. The zero-order valence-corrected chi connectivity index (χ0v) is 17.6. The van der Waals surface area contributed by atoms with E-state index in [9.17, 15) is 5.26 Å². The van der Waals surface area contributed by atoms with Crippen molar-refractivity contribution in [3.05, 3.63) is 59.0 Å². The summed E-state index contributed by atoms with van der Waals surface area (Å²) in [5, 5.41) is 28.9. The van der Waals surface area contributed by atoms with E-state index in [1.165, 1.54) is 21.9 Å². The van der Waals surface area contributed by atoms with Gasteiger partial charge in [0.25, 0.3) is 0 Å². The largest absolute Gasteiger partial charge is 0.378 e. The highest BCUT2D eigenvalue weighted by Crippen LogP contribution is 2.45. The lowest BCUT2D eigenvalue weighted by atomic mass is 10.1. The van der Waals surface area contributed by atoms with Gasteiger partial charge in [-0.1, -0.05) is 30.3 Å². The normalized spacial score (nSPS) is 13.2. The van der Waals surface area contributed by atoms with Gasteiger partial charge >= 0.3 is 0 Å². The fourth-order valence-electron chi connectivity index (χ4n) is 3.30. The monoisotopic (exact) mass is 428 g/mol. The van der Waals surface area contributed by atoms with E-state index in [2.05, 4.69) is 23.1 Å². The third-order valence-electron chi connectivity index (χ3n) is 4.78. The van der Waals surface area contributed by atoms with Crippen molar-refractivity contribution in [1.82, 2.24) is 0 Å². The van der Waals surface area contributed by atoms with Gasteiger partial charge in [0.15, 0.2) is 0 Å². The number of allylic oxidation sites excluding steroid dienone is 2. The molecule has 3 aromatic rings. The molecule has 0 radical (unpaired) electrons. The lowest BCUT2D eigenvalue weighted by Gasteiger charge is -2.28.